The Kier molecular flexibility index (Phi) is 7.41. The Hall–Kier alpha value is -3.63. The molecule has 2 saturated heterocycles. The van der Waals surface area contributed by atoms with Crippen molar-refractivity contribution in [2.75, 3.05) is 57.9 Å². The molecule has 0 radical (unpaired) electrons. The maximum absolute atomic E-state index is 13.3. The minimum atomic E-state index is -0.240. The number of pyridine rings is 1. The maximum atomic E-state index is 13.3. The van der Waals surface area contributed by atoms with Crippen LogP contribution < -0.4 is 5.32 Å². The number of rotatable bonds is 7. The Balaban J connectivity index is 1.19. The number of carbonyl (C=O) groups excluding carboxylic acids is 1. The molecule has 4 heterocycles. The molecular weight excluding hydrogens is 480 g/mol. The Morgan fingerprint density at radius 3 is 2.34 bits per heavy atom. The van der Waals surface area contributed by atoms with Gasteiger partial charge in [0.1, 0.15) is 0 Å². The Labute approximate surface area is 221 Å². The summed E-state index contributed by atoms with van der Waals surface area (Å²) < 4.78 is 10.9. The average Bonchev–Trinajstić information content (AvgIpc) is 3.38. The Morgan fingerprint density at radius 2 is 1.58 bits per heavy atom. The second-order valence-corrected chi connectivity index (χ2v) is 9.85. The summed E-state index contributed by atoms with van der Waals surface area (Å²) in [5.41, 5.74) is 6.27. The highest BCUT2D eigenvalue weighted by Gasteiger charge is 2.17. The first-order chi connectivity index (χ1) is 18.7. The summed E-state index contributed by atoms with van der Waals surface area (Å²) >= 11 is 0. The predicted octanol–water partition coefficient (Wildman–Crippen LogP) is 3.54. The second kappa shape index (κ2) is 11.4. The summed E-state index contributed by atoms with van der Waals surface area (Å²) in [5.74, 6) is -0.240. The van der Waals surface area contributed by atoms with Gasteiger partial charge in [-0.05, 0) is 47.0 Å². The summed E-state index contributed by atoms with van der Waals surface area (Å²) in [6.45, 7) is 8.45. The van der Waals surface area contributed by atoms with Crippen molar-refractivity contribution in [3.05, 3.63) is 77.7 Å². The van der Waals surface area contributed by atoms with E-state index in [2.05, 4.69) is 42.4 Å². The highest BCUT2D eigenvalue weighted by Crippen LogP contribution is 2.27. The van der Waals surface area contributed by atoms with Gasteiger partial charge in [0.15, 0.2) is 5.69 Å². The van der Waals surface area contributed by atoms with E-state index < -0.39 is 0 Å². The van der Waals surface area contributed by atoms with Crippen LogP contribution in [0.25, 0.3) is 22.0 Å². The van der Waals surface area contributed by atoms with E-state index in [1.807, 2.05) is 48.8 Å². The van der Waals surface area contributed by atoms with E-state index in [0.717, 1.165) is 105 Å². The van der Waals surface area contributed by atoms with Crippen LogP contribution in [-0.4, -0.2) is 83.5 Å². The van der Waals surface area contributed by atoms with E-state index in [-0.39, 0.29) is 5.91 Å². The van der Waals surface area contributed by atoms with E-state index in [0.29, 0.717) is 5.69 Å². The summed E-state index contributed by atoms with van der Waals surface area (Å²) in [5, 5.41) is 11.2. The van der Waals surface area contributed by atoms with Crippen molar-refractivity contribution in [3.8, 4) is 11.1 Å². The molecule has 2 aromatic carbocycles. The molecule has 2 fully saturated rings. The average molecular weight is 513 g/mol. The minimum absolute atomic E-state index is 0.240. The first-order valence-corrected chi connectivity index (χ1v) is 13.1. The topological polar surface area (TPSA) is 95.6 Å². The van der Waals surface area contributed by atoms with Gasteiger partial charge in [-0.3, -0.25) is 24.7 Å². The zero-order chi connectivity index (χ0) is 25.7. The number of carbonyl (C=O) groups is 1. The molecule has 0 aliphatic carbocycles. The van der Waals surface area contributed by atoms with Gasteiger partial charge in [0.2, 0.25) is 0 Å². The second-order valence-electron chi connectivity index (χ2n) is 9.85. The molecule has 38 heavy (non-hydrogen) atoms. The lowest BCUT2D eigenvalue weighted by atomic mass is 10.0. The maximum Gasteiger partial charge on any atom is 0.276 e. The van der Waals surface area contributed by atoms with Crippen molar-refractivity contribution in [1.29, 1.82) is 0 Å². The molecule has 1 amide bonds. The first-order valence-electron chi connectivity index (χ1n) is 13.1. The van der Waals surface area contributed by atoms with Gasteiger partial charge in [-0.25, -0.2) is 0 Å². The molecule has 2 aliphatic heterocycles. The number of fused-ring (bicyclic) bond motifs is 1. The van der Waals surface area contributed by atoms with Crippen LogP contribution in [-0.2, 0) is 22.6 Å². The van der Waals surface area contributed by atoms with Crippen molar-refractivity contribution in [3.63, 3.8) is 0 Å². The molecule has 2 aliphatic rings. The molecular formula is C29H32N6O3. The number of H-pyrrole nitrogens is 1. The molecule has 9 nitrogen and oxygen atoms in total. The van der Waals surface area contributed by atoms with Crippen LogP contribution in [0.5, 0.6) is 0 Å². The first kappa shape index (κ1) is 24.7. The lowest BCUT2D eigenvalue weighted by Crippen LogP contribution is -2.35. The molecule has 196 valence electrons. The fourth-order valence-corrected chi connectivity index (χ4v) is 5.07. The third kappa shape index (κ3) is 5.76. The summed E-state index contributed by atoms with van der Waals surface area (Å²) in [7, 11) is 0. The molecule has 0 atom stereocenters. The van der Waals surface area contributed by atoms with Gasteiger partial charge in [-0.15, -0.1) is 0 Å². The molecule has 6 rings (SSSR count). The van der Waals surface area contributed by atoms with E-state index in [1.165, 1.54) is 0 Å². The quantitative estimate of drug-likeness (QED) is 0.391. The van der Waals surface area contributed by atoms with Gasteiger partial charge in [0.25, 0.3) is 5.91 Å². The number of anilines is 1. The fourth-order valence-electron chi connectivity index (χ4n) is 5.07. The largest absolute Gasteiger partial charge is 0.379 e. The van der Waals surface area contributed by atoms with Gasteiger partial charge in [-0.2, -0.15) is 5.10 Å². The number of benzene rings is 2. The van der Waals surface area contributed by atoms with Crippen LogP contribution in [0, 0.1) is 0 Å². The van der Waals surface area contributed by atoms with Crippen molar-refractivity contribution in [1.82, 2.24) is 25.0 Å². The molecule has 0 spiro atoms. The number of ether oxygens (including phenoxy) is 2. The van der Waals surface area contributed by atoms with Crippen LogP contribution >= 0.6 is 0 Å². The molecule has 2 N–H and O–H groups in total. The third-order valence-corrected chi connectivity index (χ3v) is 7.11. The lowest BCUT2D eigenvalue weighted by Gasteiger charge is -2.26. The zero-order valence-electron chi connectivity index (χ0n) is 21.4. The number of aromatic nitrogens is 3. The van der Waals surface area contributed by atoms with Crippen molar-refractivity contribution in [2.24, 2.45) is 0 Å². The molecule has 0 unspecified atom stereocenters. The summed E-state index contributed by atoms with van der Waals surface area (Å²) in [6, 6.07) is 16.2. The van der Waals surface area contributed by atoms with Gasteiger partial charge in [0.05, 0.1) is 31.9 Å². The monoisotopic (exact) mass is 512 g/mol. The van der Waals surface area contributed by atoms with Crippen molar-refractivity contribution >= 4 is 22.5 Å². The standard InChI is InChI=1S/C29H32N6O3/c36-29(31-25-3-1-2-21(15-25)19-34-6-10-37-11-7-34)28-26-16-23(4-5-27(26)32-33-28)24-14-22(17-30-18-24)20-35-8-12-38-13-9-35/h1-5,14-18H,6-13,19-20H2,(H,31,36)(H,32,33). The minimum Gasteiger partial charge on any atom is -0.379 e. The van der Waals surface area contributed by atoms with Gasteiger partial charge in [-0.1, -0.05) is 18.2 Å². The van der Waals surface area contributed by atoms with Crippen LogP contribution in [0.1, 0.15) is 21.6 Å². The Bertz CT molecular complexity index is 1410. The number of nitrogens with one attached hydrogen (secondary N) is 2. The van der Waals surface area contributed by atoms with Crippen LogP contribution in [0.4, 0.5) is 5.69 Å². The molecule has 4 aromatic rings. The lowest BCUT2D eigenvalue weighted by molar-refractivity contribution is 0.0341. The van der Waals surface area contributed by atoms with Crippen molar-refractivity contribution in [2.45, 2.75) is 13.1 Å². The van der Waals surface area contributed by atoms with E-state index in [1.54, 1.807) is 0 Å². The third-order valence-electron chi connectivity index (χ3n) is 7.11. The van der Waals surface area contributed by atoms with E-state index >= 15 is 0 Å². The van der Waals surface area contributed by atoms with Crippen molar-refractivity contribution < 1.29 is 14.3 Å². The fraction of sp³-hybridized carbons (Fsp3) is 0.345. The highest BCUT2D eigenvalue weighted by atomic mass is 16.5. The number of hydrogen-bond acceptors (Lipinski definition) is 7. The van der Waals surface area contributed by atoms with Crippen LogP contribution in [0.3, 0.4) is 0 Å². The molecule has 2 aromatic heterocycles. The van der Waals surface area contributed by atoms with Gasteiger partial charge in [0, 0.05) is 68.3 Å². The predicted molar refractivity (Wildman–Crippen MR) is 146 cm³/mol. The molecule has 0 saturated carbocycles. The summed E-state index contributed by atoms with van der Waals surface area (Å²) in [6.07, 6.45) is 3.78. The van der Waals surface area contributed by atoms with Crippen LogP contribution in [0.15, 0.2) is 60.9 Å². The molecule has 9 heteroatoms. The number of nitrogens with zero attached hydrogens (tertiary/aromatic N) is 4. The number of morpholine rings is 2. The normalized spacial score (nSPS) is 17.1. The zero-order valence-corrected chi connectivity index (χ0v) is 21.4. The number of amides is 1. The van der Waals surface area contributed by atoms with Gasteiger partial charge >= 0.3 is 0 Å². The smallest absolute Gasteiger partial charge is 0.276 e. The number of hydrogen-bond donors (Lipinski definition) is 2. The molecule has 0 bridgehead atoms. The number of aromatic amines is 1. The SMILES string of the molecule is O=C(Nc1cccc(CN2CCOCC2)c1)c1n[nH]c2ccc(-c3cncc(CN4CCOCC4)c3)cc12. The van der Waals surface area contributed by atoms with Gasteiger partial charge < -0.3 is 14.8 Å². The van der Waals surface area contributed by atoms with E-state index in [9.17, 15) is 4.79 Å². The summed E-state index contributed by atoms with van der Waals surface area (Å²) in [4.78, 5) is 22.5. The van der Waals surface area contributed by atoms with E-state index in [4.69, 9.17) is 9.47 Å². The highest BCUT2D eigenvalue weighted by molar-refractivity contribution is 6.11. The Morgan fingerprint density at radius 1 is 0.842 bits per heavy atom. The van der Waals surface area contributed by atoms with Crippen LogP contribution in [0.2, 0.25) is 0 Å².